The smallest absolute Gasteiger partial charge is 0.305 e. The average molecular weight is 541 g/mol. The van der Waals surface area contributed by atoms with E-state index < -0.39 is 46.6 Å². The number of fused-ring (bicyclic) bond motifs is 1. The standard InChI is InChI=1S/C22H28Cl3NO8/c1-30-15(27)10-6-3-7-11-31-20-16(26-21(29)22(23,24)25)17(28)18-14(33-20)12-32-19(34-18)13-8-4-2-5-9-13/h2,4-5,8-9,14,16-20,28H,3,6-7,10-12H2,1H3,(H,26,29)/t14-,16-,17-,18-,19-,20-/m1/s1. The van der Waals surface area contributed by atoms with Gasteiger partial charge in [-0.15, -0.1) is 0 Å². The molecule has 2 N–H and O–H groups in total. The van der Waals surface area contributed by atoms with Crippen molar-refractivity contribution in [3.05, 3.63) is 35.9 Å². The number of nitrogens with one attached hydrogen (secondary N) is 1. The van der Waals surface area contributed by atoms with Crippen LogP contribution in [0.15, 0.2) is 30.3 Å². The molecule has 34 heavy (non-hydrogen) atoms. The number of esters is 1. The molecule has 190 valence electrons. The lowest BCUT2D eigenvalue weighted by molar-refractivity contribution is -0.344. The zero-order valence-corrected chi connectivity index (χ0v) is 20.8. The predicted octanol–water partition coefficient (Wildman–Crippen LogP) is 2.79. The molecule has 0 aliphatic carbocycles. The van der Waals surface area contributed by atoms with Gasteiger partial charge in [0, 0.05) is 18.6 Å². The lowest BCUT2D eigenvalue weighted by Gasteiger charge is -2.48. The van der Waals surface area contributed by atoms with Gasteiger partial charge in [0.1, 0.15) is 24.4 Å². The van der Waals surface area contributed by atoms with Crippen LogP contribution >= 0.6 is 34.8 Å². The number of ether oxygens (including phenoxy) is 5. The van der Waals surface area contributed by atoms with Crippen LogP contribution < -0.4 is 5.32 Å². The van der Waals surface area contributed by atoms with Crippen molar-refractivity contribution in [3.8, 4) is 0 Å². The minimum atomic E-state index is -2.24. The van der Waals surface area contributed by atoms with Gasteiger partial charge in [-0.05, 0) is 12.8 Å². The van der Waals surface area contributed by atoms with Crippen LogP contribution in [0.4, 0.5) is 0 Å². The third-order valence-corrected chi connectivity index (χ3v) is 6.04. The van der Waals surface area contributed by atoms with Gasteiger partial charge in [-0.3, -0.25) is 9.59 Å². The van der Waals surface area contributed by atoms with Crippen LogP contribution in [0.25, 0.3) is 0 Å². The third-order valence-electron chi connectivity index (χ3n) is 5.53. The van der Waals surface area contributed by atoms with Crippen LogP contribution in [-0.4, -0.2) is 71.7 Å². The van der Waals surface area contributed by atoms with Crippen molar-refractivity contribution in [2.45, 2.75) is 66.4 Å². The van der Waals surface area contributed by atoms with E-state index in [2.05, 4.69) is 10.1 Å². The first kappa shape index (κ1) is 27.4. The summed E-state index contributed by atoms with van der Waals surface area (Å²) < 4.78 is 25.9. The summed E-state index contributed by atoms with van der Waals surface area (Å²) in [5.41, 5.74) is 0.778. The number of methoxy groups -OCH3 is 1. The molecule has 2 fully saturated rings. The summed E-state index contributed by atoms with van der Waals surface area (Å²) in [6.45, 7) is 0.399. The zero-order valence-electron chi connectivity index (χ0n) is 18.5. The molecule has 1 amide bonds. The van der Waals surface area contributed by atoms with Crippen molar-refractivity contribution in [2.24, 2.45) is 0 Å². The molecule has 0 spiro atoms. The second-order valence-corrected chi connectivity index (χ2v) is 10.2. The number of hydrogen-bond donors (Lipinski definition) is 2. The zero-order chi connectivity index (χ0) is 24.7. The molecule has 0 aromatic heterocycles. The highest BCUT2D eigenvalue weighted by Crippen LogP contribution is 2.35. The van der Waals surface area contributed by atoms with Crippen LogP contribution in [-0.2, 0) is 33.3 Å². The van der Waals surface area contributed by atoms with E-state index in [1.807, 2.05) is 30.3 Å². The van der Waals surface area contributed by atoms with Gasteiger partial charge in [-0.1, -0.05) is 71.6 Å². The molecule has 0 radical (unpaired) electrons. The van der Waals surface area contributed by atoms with E-state index in [9.17, 15) is 14.7 Å². The Hall–Kier alpha value is -1.17. The minimum absolute atomic E-state index is 0.144. The van der Waals surface area contributed by atoms with E-state index in [0.29, 0.717) is 25.7 Å². The monoisotopic (exact) mass is 539 g/mol. The maximum Gasteiger partial charge on any atom is 0.305 e. The van der Waals surface area contributed by atoms with Crippen LogP contribution in [0.3, 0.4) is 0 Å². The summed E-state index contributed by atoms with van der Waals surface area (Å²) in [6, 6.07) is 8.19. The molecule has 2 aliphatic rings. The Balaban J connectivity index is 1.63. The first-order valence-electron chi connectivity index (χ1n) is 10.9. The molecule has 2 heterocycles. The van der Waals surface area contributed by atoms with Crippen molar-refractivity contribution in [1.29, 1.82) is 0 Å². The van der Waals surface area contributed by atoms with Gasteiger partial charge in [-0.2, -0.15) is 0 Å². The molecule has 0 unspecified atom stereocenters. The van der Waals surface area contributed by atoms with Crippen LogP contribution in [0.5, 0.6) is 0 Å². The minimum Gasteiger partial charge on any atom is -0.469 e. The molecule has 12 heteroatoms. The van der Waals surface area contributed by atoms with E-state index >= 15 is 0 Å². The molecule has 3 rings (SSSR count). The number of alkyl halides is 3. The van der Waals surface area contributed by atoms with Gasteiger partial charge >= 0.3 is 5.97 Å². The molecule has 9 nitrogen and oxygen atoms in total. The van der Waals surface area contributed by atoms with E-state index in [0.717, 1.165) is 5.56 Å². The molecule has 0 saturated carbocycles. The maximum atomic E-state index is 12.3. The summed E-state index contributed by atoms with van der Waals surface area (Å²) in [4.78, 5) is 23.5. The molecule has 1 aromatic rings. The van der Waals surface area contributed by atoms with Gasteiger partial charge in [0.25, 0.3) is 9.70 Å². The molecule has 6 atom stereocenters. The number of carbonyl (C=O) groups excluding carboxylic acids is 2. The fourth-order valence-electron chi connectivity index (χ4n) is 3.75. The summed E-state index contributed by atoms with van der Waals surface area (Å²) in [5, 5.41) is 13.6. The highest BCUT2D eigenvalue weighted by molar-refractivity contribution is 6.76. The highest BCUT2D eigenvalue weighted by atomic mass is 35.6. The van der Waals surface area contributed by atoms with Crippen LogP contribution in [0, 0.1) is 0 Å². The second-order valence-electron chi connectivity index (χ2n) is 7.96. The summed E-state index contributed by atoms with van der Waals surface area (Å²) >= 11 is 17.1. The quantitative estimate of drug-likeness (QED) is 0.279. The Morgan fingerprint density at radius 2 is 1.88 bits per heavy atom. The van der Waals surface area contributed by atoms with Gasteiger partial charge in [0.05, 0.1) is 13.7 Å². The number of aliphatic hydroxyl groups is 1. The molecule has 1 aromatic carbocycles. The number of amides is 1. The van der Waals surface area contributed by atoms with Gasteiger partial charge in [-0.25, -0.2) is 0 Å². The van der Waals surface area contributed by atoms with Crippen molar-refractivity contribution >= 4 is 46.7 Å². The van der Waals surface area contributed by atoms with Crippen molar-refractivity contribution in [1.82, 2.24) is 5.32 Å². The SMILES string of the molecule is COC(=O)CCCCCO[C@@H]1O[C@@H]2CO[C@@H](c3ccccc3)O[C@H]2[C@H](O)[C@H]1NC(=O)C(Cl)(Cl)Cl. The van der Waals surface area contributed by atoms with Crippen LogP contribution in [0.1, 0.15) is 37.5 Å². The average Bonchev–Trinajstić information content (AvgIpc) is 2.82. The molecular weight excluding hydrogens is 513 g/mol. The first-order chi connectivity index (χ1) is 16.2. The number of benzene rings is 1. The Morgan fingerprint density at radius 3 is 2.56 bits per heavy atom. The van der Waals surface area contributed by atoms with E-state index in [-0.39, 0.29) is 19.2 Å². The summed E-state index contributed by atoms with van der Waals surface area (Å²) in [6.07, 6.45) is -2.13. The number of rotatable bonds is 9. The Labute approximate surface area is 212 Å². The molecule has 2 aliphatic heterocycles. The number of halogens is 3. The second kappa shape index (κ2) is 12.7. The number of unbranched alkanes of at least 4 members (excludes halogenated alkanes) is 2. The fraction of sp³-hybridized carbons (Fsp3) is 0.636. The van der Waals surface area contributed by atoms with Gasteiger partial charge < -0.3 is 34.1 Å². The van der Waals surface area contributed by atoms with E-state index in [1.165, 1.54) is 7.11 Å². The first-order valence-corrected chi connectivity index (χ1v) is 12.1. The molecule has 2 saturated heterocycles. The van der Waals surface area contributed by atoms with Crippen molar-refractivity contribution in [3.63, 3.8) is 0 Å². The normalized spacial score (nSPS) is 29.2. The van der Waals surface area contributed by atoms with E-state index in [1.54, 1.807) is 0 Å². The number of hydrogen-bond acceptors (Lipinski definition) is 8. The number of carbonyl (C=O) groups is 2. The summed E-state index contributed by atoms with van der Waals surface area (Å²) in [7, 11) is 1.34. The molecule has 0 bridgehead atoms. The lowest BCUT2D eigenvalue weighted by Crippen LogP contribution is -2.67. The maximum absolute atomic E-state index is 12.3. The Morgan fingerprint density at radius 1 is 1.15 bits per heavy atom. The Bertz CT molecular complexity index is 809. The molecular formula is C22H28Cl3NO8. The number of aliphatic hydroxyl groups excluding tert-OH is 1. The fourth-order valence-corrected chi connectivity index (χ4v) is 3.91. The van der Waals surface area contributed by atoms with Crippen LogP contribution in [0.2, 0.25) is 0 Å². The summed E-state index contributed by atoms with van der Waals surface area (Å²) in [5.74, 6) is -1.20. The largest absolute Gasteiger partial charge is 0.469 e. The van der Waals surface area contributed by atoms with Gasteiger partial charge in [0.15, 0.2) is 12.6 Å². The highest BCUT2D eigenvalue weighted by Gasteiger charge is 2.51. The lowest BCUT2D eigenvalue weighted by atomic mass is 9.95. The Kier molecular flexibility index (Phi) is 10.2. The van der Waals surface area contributed by atoms with Crippen molar-refractivity contribution < 1.29 is 38.4 Å². The van der Waals surface area contributed by atoms with E-state index in [4.69, 9.17) is 53.8 Å². The van der Waals surface area contributed by atoms with Gasteiger partial charge in [0.2, 0.25) is 0 Å². The topological polar surface area (TPSA) is 113 Å². The third kappa shape index (κ3) is 7.41. The predicted molar refractivity (Wildman–Crippen MR) is 123 cm³/mol. The van der Waals surface area contributed by atoms with Crippen molar-refractivity contribution in [2.75, 3.05) is 20.3 Å².